The van der Waals surface area contributed by atoms with Crippen molar-refractivity contribution in [2.24, 2.45) is 5.73 Å². The lowest BCUT2D eigenvalue weighted by molar-refractivity contribution is 0.861. The lowest BCUT2D eigenvalue weighted by atomic mass is 10.2. The second-order valence-corrected chi connectivity index (χ2v) is 4.62. The van der Waals surface area contributed by atoms with Crippen LogP contribution in [0.1, 0.15) is 17.7 Å². The summed E-state index contributed by atoms with van der Waals surface area (Å²) >= 11 is 1.95. The van der Waals surface area contributed by atoms with Gasteiger partial charge in [0.1, 0.15) is 12.1 Å². The number of anilines is 1. The Labute approximate surface area is 94.1 Å². The number of aryl methyl sites for hydroxylation is 1. The molecule has 5 heteroatoms. The molecule has 3 N–H and O–H groups in total. The van der Waals surface area contributed by atoms with Gasteiger partial charge in [-0.3, -0.25) is 0 Å². The van der Waals surface area contributed by atoms with E-state index in [2.05, 4.69) is 15.3 Å². The first-order chi connectivity index (χ1) is 7.42. The Hall–Kier alpha value is -0.810. The second kappa shape index (κ2) is 5.32. The lowest BCUT2D eigenvalue weighted by Gasteiger charge is -2.17. The van der Waals surface area contributed by atoms with Gasteiger partial charge in [0, 0.05) is 17.9 Å². The van der Waals surface area contributed by atoms with Crippen molar-refractivity contribution in [2.75, 3.05) is 24.2 Å². The maximum Gasteiger partial charge on any atom is 0.133 e. The maximum atomic E-state index is 5.45. The fourth-order valence-corrected chi connectivity index (χ4v) is 2.61. The largest absolute Gasteiger partial charge is 0.370 e. The average Bonchev–Trinajstić information content (AvgIpc) is 2.30. The monoisotopic (exact) mass is 224 g/mol. The molecule has 2 rings (SSSR count). The van der Waals surface area contributed by atoms with Crippen LogP contribution in [-0.2, 0) is 12.2 Å². The van der Waals surface area contributed by atoms with Crippen molar-refractivity contribution in [1.29, 1.82) is 0 Å². The highest BCUT2D eigenvalue weighted by atomic mass is 32.2. The summed E-state index contributed by atoms with van der Waals surface area (Å²) in [7, 11) is 0. The third-order valence-electron chi connectivity index (χ3n) is 2.44. The minimum atomic E-state index is 0.717. The average molecular weight is 224 g/mol. The van der Waals surface area contributed by atoms with E-state index in [0.717, 1.165) is 37.5 Å². The lowest BCUT2D eigenvalue weighted by Crippen LogP contribution is -2.14. The van der Waals surface area contributed by atoms with Crippen LogP contribution in [0.15, 0.2) is 6.33 Å². The van der Waals surface area contributed by atoms with Gasteiger partial charge in [-0.2, -0.15) is 11.8 Å². The fourth-order valence-electron chi connectivity index (χ4n) is 1.62. The van der Waals surface area contributed by atoms with Crippen LogP contribution in [0.3, 0.4) is 0 Å². The number of hydrogen-bond donors (Lipinski definition) is 2. The second-order valence-electron chi connectivity index (χ2n) is 3.52. The molecule has 0 radical (unpaired) electrons. The Morgan fingerprint density at radius 2 is 2.40 bits per heavy atom. The highest BCUT2D eigenvalue weighted by Gasteiger charge is 2.14. The quantitative estimate of drug-likeness (QED) is 0.748. The van der Waals surface area contributed by atoms with E-state index in [-0.39, 0.29) is 0 Å². The molecule has 82 valence electrons. The summed E-state index contributed by atoms with van der Waals surface area (Å²) < 4.78 is 0. The van der Waals surface area contributed by atoms with E-state index in [9.17, 15) is 0 Å². The summed E-state index contributed by atoms with van der Waals surface area (Å²) in [5.74, 6) is 3.20. The van der Waals surface area contributed by atoms with Gasteiger partial charge < -0.3 is 11.1 Å². The van der Waals surface area contributed by atoms with Crippen molar-refractivity contribution >= 4 is 17.6 Å². The summed E-state index contributed by atoms with van der Waals surface area (Å²) in [6.45, 7) is 1.61. The summed E-state index contributed by atoms with van der Waals surface area (Å²) in [4.78, 5) is 8.61. The molecule has 1 aromatic heterocycles. The van der Waals surface area contributed by atoms with Crippen LogP contribution < -0.4 is 11.1 Å². The van der Waals surface area contributed by atoms with E-state index in [0.29, 0.717) is 0 Å². The van der Waals surface area contributed by atoms with Gasteiger partial charge in [-0.25, -0.2) is 9.97 Å². The van der Waals surface area contributed by atoms with Crippen molar-refractivity contribution in [3.63, 3.8) is 0 Å². The van der Waals surface area contributed by atoms with Gasteiger partial charge >= 0.3 is 0 Å². The van der Waals surface area contributed by atoms with Gasteiger partial charge in [0.05, 0.1) is 5.69 Å². The fraction of sp³-hybridized carbons (Fsp3) is 0.600. The molecular weight excluding hydrogens is 208 g/mol. The highest BCUT2D eigenvalue weighted by Crippen LogP contribution is 2.27. The van der Waals surface area contributed by atoms with Gasteiger partial charge in [0.25, 0.3) is 0 Å². The van der Waals surface area contributed by atoms with E-state index < -0.39 is 0 Å². The van der Waals surface area contributed by atoms with Gasteiger partial charge in [0.2, 0.25) is 0 Å². The Kier molecular flexibility index (Phi) is 3.80. The number of fused-ring (bicyclic) bond motifs is 1. The number of hydrogen-bond acceptors (Lipinski definition) is 5. The van der Waals surface area contributed by atoms with Crippen LogP contribution in [0.4, 0.5) is 5.82 Å². The molecule has 0 unspecified atom stereocenters. The van der Waals surface area contributed by atoms with E-state index in [1.807, 2.05) is 11.8 Å². The summed E-state index contributed by atoms with van der Waals surface area (Å²) in [6.07, 6.45) is 3.69. The molecule has 0 fully saturated rings. The number of nitrogens with one attached hydrogen (secondary N) is 1. The molecule has 4 nitrogen and oxygen atoms in total. The summed E-state index contributed by atoms with van der Waals surface area (Å²) in [5.41, 5.74) is 7.94. The predicted molar refractivity (Wildman–Crippen MR) is 64.1 cm³/mol. The van der Waals surface area contributed by atoms with E-state index in [1.54, 1.807) is 6.33 Å². The number of aromatic nitrogens is 2. The minimum absolute atomic E-state index is 0.717. The van der Waals surface area contributed by atoms with Crippen molar-refractivity contribution in [2.45, 2.75) is 18.6 Å². The molecule has 0 atom stereocenters. The molecule has 0 aromatic carbocycles. The molecule has 15 heavy (non-hydrogen) atoms. The zero-order valence-electron chi connectivity index (χ0n) is 8.70. The predicted octanol–water partition coefficient (Wildman–Crippen LogP) is 1.03. The van der Waals surface area contributed by atoms with Gasteiger partial charge in [-0.15, -0.1) is 0 Å². The van der Waals surface area contributed by atoms with Crippen LogP contribution in [0.5, 0.6) is 0 Å². The van der Waals surface area contributed by atoms with E-state index in [1.165, 1.54) is 17.0 Å². The van der Waals surface area contributed by atoms with Crippen molar-refractivity contribution in [3.8, 4) is 0 Å². The Morgan fingerprint density at radius 1 is 1.47 bits per heavy atom. The third kappa shape index (κ3) is 2.60. The van der Waals surface area contributed by atoms with E-state index in [4.69, 9.17) is 5.73 Å². The Balaban J connectivity index is 2.09. The third-order valence-corrected chi connectivity index (χ3v) is 3.42. The highest BCUT2D eigenvalue weighted by molar-refractivity contribution is 7.98. The first kappa shape index (κ1) is 10.7. The first-order valence-corrected chi connectivity index (χ1v) is 6.41. The van der Waals surface area contributed by atoms with Gasteiger partial charge in [-0.05, 0) is 25.1 Å². The van der Waals surface area contributed by atoms with Gasteiger partial charge in [-0.1, -0.05) is 0 Å². The molecule has 1 aromatic rings. The Bertz CT molecular complexity index is 329. The standard InChI is InChI=1S/C10H16N4S/c11-3-1-4-12-10-8-6-15-5-2-9(8)13-7-14-10/h7H,1-6,11H2,(H,12,13,14). The van der Waals surface area contributed by atoms with Crippen molar-refractivity contribution in [1.82, 2.24) is 9.97 Å². The molecule has 0 saturated heterocycles. The van der Waals surface area contributed by atoms with Crippen LogP contribution in [0, 0.1) is 0 Å². The first-order valence-electron chi connectivity index (χ1n) is 5.26. The Morgan fingerprint density at radius 3 is 3.27 bits per heavy atom. The van der Waals surface area contributed by atoms with Crippen LogP contribution >= 0.6 is 11.8 Å². The number of rotatable bonds is 4. The molecule has 2 heterocycles. The molecule has 1 aliphatic rings. The zero-order chi connectivity index (χ0) is 10.5. The summed E-state index contributed by atoms with van der Waals surface area (Å²) in [5, 5.41) is 3.33. The number of nitrogens with two attached hydrogens (primary N) is 1. The van der Waals surface area contributed by atoms with E-state index >= 15 is 0 Å². The zero-order valence-corrected chi connectivity index (χ0v) is 9.52. The van der Waals surface area contributed by atoms with Crippen LogP contribution in [0.25, 0.3) is 0 Å². The maximum absolute atomic E-state index is 5.45. The minimum Gasteiger partial charge on any atom is -0.370 e. The number of nitrogens with zero attached hydrogens (tertiary/aromatic N) is 2. The van der Waals surface area contributed by atoms with Crippen molar-refractivity contribution in [3.05, 3.63) is 17.6 Å². The molecule has 0 saturated carbocycles. The SMILES string of the molecule is NCCCNc1ncnc2c1CSCC2. The molecule has 0 amide bonds. The molecular formula is C10H16N4S. The van der Waals surface area contributed by atoms with Crippen LogP contribution in [0.2, 0.25) is 0 Å². The summed E-state index contributed by atoms with van der Waals surface area (Å²) in [6, 6.07) is 0. The molecule has 0 bridgehead atoms. The molecule has 0 aliphatic carbocycles. The van der Waals surface area contributed by atoms with Gasteiger partial charge in [0.15, 0.2) is 0 Å². The van der Waals surface area contributed by atoms with Crippen molar-refractivity contribution < 1.29 is 0 Å². The topological polar surface area (TPSA) is 63.8 Å². The smallest absolute Gasteiger partial charge is 0.133 e. The molecule has 0 spiro atoms. The number of thioether (sulfide) groups is 1. The normalized spacial score (nSPS) is 14.7. The van der Waals surface area contributed by atoms with Crippen LogP contribution in [-0.4, -0.2) is 28.8 Å². The molecule has 1 aliphatic heterocycles.